The Morgan fingerprint density at radius 1 is 1.19 bits per heavy atom. The normalized spacial score (nSPS) is 29.1. The zero-order valence-corrected chi connectivity index (χ0v) is 12.7. The summed E-state index contributed by atoms with van der Waals surface area (Å²) in [5, 5.41) is 14.0. The molecule has 1 saturated carbocycles. The van der Waals surface area contributed by atoms with E-state index in [0.717, 1.165) is 49.4 Å². The van der Waals surface area contributed by atoms with Gasteiger partial charge in [0.1, 0.15) is 11.5 Å². The first-order valence-electron chi connectivity index (χ1n) is 8.03. The van der Waals surface area contributed by atoms with Crippen LogP contribution in [0.5, 0.6) is 11.5 Å². The van der Waals surface area contributed by atoms with Crippen molar-refractivity contribution in [1.82, 2.24) is 5.32 Å². The van der Waals surface area contributed by atoms with Crippen molar-refractivity contribution in [3.05, 3.63) is 23.8 Å². The number of nitrogens with one attached hydrogen (secondary N) is 1. The van der Waals surface area contributed by atoms with Gasteiger partial charge in [0, 0.05) is 24.1 Å². The van der Waals surface area contributed by atoms with E-state index in [9.17, 15) is 5.11 Å². The van der Waals surface area contributed by atoms with Crippen LogP contribution in [0.25, 0.3) is 0 Å². The summed E-state index contributed by atoms with van der Waals surface area (Å²) in [6.45, 7) is 0.722. The van der Waals surface area contributed by atoms with Crippen LogP contribution in [0, 0.1) is 0 Å². The number of aliphatic hydroxyl groups is 1. The molecule has 0 amide bonds. The molecule has 1 aliphatic carbocycles. The number of hydrogen-bond acceptors (Lipinski definition) is 4. The van der Waals surface area contributed by atoms with E-state index >= 15 is 0 Å². The van der Waals surface area contributed by atoms with Crippen LogP contribution in [0.1, 0.15) is 50.1 Å². The minimum atomic E-state index is -0.232. The van der Waals surface area contributed by atoms with Crippen LogP contribution in [-0.2, 0) is 0 Å². The Kier molecular flexibility index (Phi) is 4.66. The van der Waals surface area contributed by atoms with Crippen LogP contribution < -0.4 is 14.8 Å². The molecule has 3 rings (SSSR count). The van der Waals surface area contributed by atoms with E-state index in [1.807, 2.05) is 12.1 Å². The first kappa shape index (κ1) is 14.7. The molecule has 0 aromatic heterocycles. The second kappa shape index (κ2) is 6.67. The van der Waals surface area contributed by atoms with Crippen LogP contribution >= 0.6 is 0 Å². The maximum absolute atomic E-state index is 10.3. The van der Waals surface area contributed by atoms with Crippen LogP contribution in [0.4, 0.5) is 0 Å². The maximum Gasteiger partial charge on any atom is 0.124 e. The van der Waals surface area contributed by atoms with Crippen LogP contribution in [-0.4, -0.2) is 31.0 Å². The molecule has 116 valence electrons. The number of aliphatic hydroxyl groups excluding tert-OH is 1. The second-order valence-corrected chi connectivity index (χ2v) is 6.07. The van der Waals surface area contributed by atoms with Crippen molar-refractivity contribution in [2.24, 2.45) is 0 Å². The maximum atomic E-state index is 10.3. The van der Waals surface area contributed by atoms with Gasteiger partial charge < -0.3 is 19.9 Å². The highest BCUT2D eigenvalue weighted by Crippen LogP contribution is 2.35. The largest absolute Gasteiger partial charge is 0.497 e. The van der Waals surface area contributed by atoms with Gasteiger partial charge in [0.25, 0.3) is 0 Å². The van der Waals surface area contributed by atoms with Crippen LogP contribution in [0.15, 0.2) is 18.2 Å². The smallest absolute Gasteiger partial charge is 0.124 e. The van der Waals surface area contributed by atoms with Crippen LogP contribution in [0.2, 0.25) is 0 Å². The van der Waals surface area contributed by atoms with E-state index in [1.54, 1.807) is 7.11 Å². The monoisotopic (exact) mass is 291 g/mol. The Balaban J connectivity index is 1.77. The Bertz CT molecular complexity index is 477. The van der Waals surface area contributed by atoms with E-state index in [1.165, 1.54) is 12.8 Å². The first-order valence-corrected chi connectivity index (χ1v) is 8.03. The average Bonchev–Trinajstić information content (AvgIpc) is 2.72. The average molecular weight is 291 g/mol. The topological polar surface area (TPSA) is 50.7 Å². The van der Waals surface area contributed by atoms with Crippen LogP contribution in [0.3, 0.4) is 0 Å². The number of ether oxygens (including phenoxy) is 2. The van der Waals surface area contributed by atoms with Crippen molar-refractivity contribution in [2.75, 3.05) is 13.7 Å². The second-order valence-electron chi connectivity index (χ2n) is 6.07. The first-order chi connectivity index (χ1) is 10.3. The number of fused-ring (bicyclic) bond motifs is 1. The van der Waals surface area contributed by atoms with Gasteiger partial charge >= 0.3 is 0 Å². The SMILES string of the molecule is COc1ccc2c(c1)C(NC1CCCCCC1O)CCO2. The Labute approximate surface area is 126 Å². The molecule has 3 unspecified atom stereocenters. The highest BCUT2D eigenvalue weighted by Gasteiger charge is 2.28. The number of rotatable bonds is 3. The fourth-order valence-corrected chi connectivity index (χ4v) is 3.41. The molecule has 3 atom stereocenters. The molecule has 4 heteroatoms. The van der Waals surface area contributed by atoms with Gasteiger partial charge in [-0.3, -0.25) is 0 Å². The quantitative estimate of drug-likeness (QED) is 0.841. The van der Waals surface area contributed by atoms with Gasteiger partial charge in [-0.15, -0.1) is 0 Å². The molecular weight excluding hydrogens is 266 g/mol. The lowest BCUT2D eigenvalue weighted by atomic mass is 9.97. The zero-order valence-electron chi connectivity index (χ0n) is 12.7. The minimum Gasteiger partial charge on any atom is -0.497 e. The Hall–Kier alpha value is -1.26. The van der Waals surface area contributed by atoms with E-state index in [0.29, 0.717) is 0 Å². The zero-order chi connectivity index (χ0) is 14.7. The van der Waals surface area contributed by atoms with Crippen molar-refractivity contribution >= 4 is 0 Å². The number of benzene rings is 1. The van der Waals surface area contributed by atoms with Gasteiger partial charge in [0.15, 0.2) is 0 Å². The summed E-state index contributed by atoms with van der Waals surface area (Å²) in [5.74, 6) is 1.79. The molecule has 1 fully saturated rings. The number of methoxy groups -OCH3 is 1. The molecule has 2 aliphatic rings. The molecule has 1 aromatic rings. The summed E-state index contributed by atoms with van der Waals surface area (Å²) in [7, 11) is 1.68. The summed E-state index contributed by atoms with van der Waals surface area (Å²) >= 11 is 0. The fourth-order valence-electron chi connectivity index (χ4n) is 3.41. The highest BCUT2D eigenvalue weighted by atomic mass is 16.5. The third kappa shape index (κ3) is 3.33. The molecule has 1 aliphatic heterocycles. The van der Waals surface area contributed by atoms with E-state index in [4.69, 9.17) is 9.47 Å². The third-order valence-electron chi connectivity index (χ3n) is 4.65. The molecule has 1 heterocycles. The lowest BCUT2D eigenvalue weighted by Crippen LogP contribution is -2.42. The third-order valence-corrected chi connectivity index (χ3v) is 4.65. The van der Waals surface area contributed by atoms with Crippen molar-refractivity contribution in [1.29, 1.82) is 0 Å². The molecule has 1 aromatic carbocycles. The molecule has 0 spiro atoms. The molecule has 0 radical (unpaired) electrons. The Morgan fingerprint density at radius 2 is 2.05 bits per heavy atom. The predicted molar refractivity (Wildman–Crippen MR) is 81.9 cm³/mol. The van der Waals surface area contributed by atoms with Crippen molar-refractivity contribution in [2.45, 2.75) is 56.7 Å². The standard InChI is InChI=1S/C17H25NO3/c1-20-12-7-8-17-13(11-12)14(9-10-21-17)18-15-5-3-2-4-6-16(15)19/h7-8,11,14-16,18-19H,2-6,9-10H2,1H3. The molecule has 21 heavy (non-hydrogen) atoms. The van der Waals surface area contributed by atoms with Gasteiger partial charge in [-0.25, -0.2) is 0 Å². The summed E-state index contributed by atoms with van der Waals surface area (Å²) in [4.78, 5) is 0. The van der Waals surface area contributed by atoms with Gasteiger partial charge in [-0.05, 0) is 31.0 Å². The van der Waals surface area contributed by atoms with Crippen molar-refractivity contribution < 1.29 is 14.6 Å². The lowest BCUT2D eigenvalue weighted by molar-refractivity contribution is 0.108. The minimum absolute atomic E-state index is 0.189. The molecule has 2 N–H and O–H groups in total. The molecule has 4 nitrogen and oxygen atoms in total. The van der Waals surface area contributed by atoms with Crippen molar-refractivity contribution in [3.8, 4) is 11.5 Å². The summed E-state index contributed by atoms with van der Waals surface area (Å²) < 4.78 is 11.1. The lowest BCUT2D eigenvalue weighted by Gasteiger charge is -2.32. The molecule has 0 saturated heterocycles. The fraction of sp³-hybridized carbons (Fsp3) is 0.647. The van der Waals surface area contributed by atoms with E-state index < -0.39 is 0 Å². The van der Waals surface area contributed by atoms with E-state index in [-0.39, 0.29) is 18.2 Å². The Morgan fingerprint density at radius 3 is 2.90 bits per heavy atom. The van der Waals surface area contributed by atoms with E-state index in [2.05, 4.69) is 11.4 Å². The number of hydrogen-bond donors (Lipinski definition) is 2. The van der Waals surface area contributed by atoms with Gasteiger partial charge in [-0.1, -0.05) is 19.3 Å². The molecule has 0 bridgehead atoms. The highest BCUT2D eigenvalue weighted by molar-refractivity contribution is 5.43. The van der Waals surface area contributed by atoms with Gasteiger partial charge in [-0.2, -0.15) is 0 Å². The predicted octanol–water partition coefficient (Wildman–Crippen LogP) is 2.80. The molecular formula is C17H25NO3. The van der Waals surface area contributed by atoms with Gasteiger partial charge in [0.2, 0.25) is 0 Å². The summed E-state index contributed by atoms with van der Waals surface area (Å²) in [6.07, 6.45) is 6.23. The van der Waals surface area contributed by atoms with Crippen molar-refractivity contribution in [3.63, 3.8) is 0 Å². The summed E-state index contributed by atoms with van der Waals surface area (Å²) in [5.41, 5.74) is 1.15. The summed E-state index contributed by atoms with van der Waals surface area (Å²) in [6, 6.07) is 6.39. The van der Waals surface area contributed by atoms with Gasteiger partial charge in [0.05, 0.1) is 19.8 Å².